The largest absolute Gasteiger partial charge is 0.497 e. The van der Waals surface area contributed by atoms with Gasteiger partial charge in [0.1, 0.15) is 5.75 Å². The number of hydrogen-bond donors (Lipinski definition) is 0. The maximum Gasteiger partial charge on any atom is 0.482 e. The second kappa shape index (κ2) is 4.42. The Morgan fingerprint density at radius 1 is 1.44 bits per heavy atom. The van der Waals surface area contributed by atoms with Gasteiger partial charge in [0.05, 0.1) is 18.1 Å². The Morgan fingerprint density at radius 3 is 2.50 bits per heavy atom. The first-order valence-electron chi connectivity index (χ1n) is 4.36. The third-order valence-electron chi connectivity index (χ3n) is 1.94. The van der Waals surface area contributed by atoms with Gasteiger partial charge >= 0.3 is 6.98 Å². The van der Waals surface area contributed by atoms with Gasteiger partial charge in [0.25, 0.3) is 5.69 Å². The van der Waals surface area contributed by atoms with Crippen LogP contribution in [0.25, 0.3) is 0 Å². The van der Waals surface area contributed by atoms with Gasteiger partial charge in [-0.15, -0.1) is 0 Å². The van der Waals surface area contributed by atoms with Crippen molar-refractivity contribution in [2.24, 2.45) is 0 Å². The van der Waals surface area contributed by atoms with Crippen molar-refractivity contribution in [1.82, 2.24) is 0 Å². The van der Waals surface area contributed by atoms with Gasteiger partial charge in [-0.1, -0.05) is 12.4 Å². The summed E-state index contributed by atoms with van der Waals surface area (Å²) < 4.78 is 41.2. The highest BCUT2D eigenvalue weighted by Gasteiger charge is 2.27. The average molecular weight is 234 g/mol. The van der Waals surface area contributed by atoms with Gasteiger partial charge in [0.2, 0.25) is 0 Å². The van der Waals surface area contributed by atoms with Crippen molar-refractivity contribution in [3.8, 4) is 5.75 Å². The molecule has 0 radical (unpaired) electrons. The number of nitrogens with zero attached hydrogens (tertiary/aromatic N) is 1. The highest BCUT2D eigenvalue weighted by atomic mass is 19.4. The van der Waals surface area contributed by atoms with Gasteiger partial charge < -0.3 is 17.7 Å². The monoisotopic (exact) mass is 234 g/mol. The number of hydrogen-bond acceptors (Lipinski definition) is 3. The quantitative estimate of drug-likeness (QED) is 0.456. The zero-order chi connectivity index (χ0) is 12.3. The summed E-state index contributed by atoms with van der Waals surface area (Å²) >= 11 is 0. The lowest BCUT2D eigenvalue weighted by molar-refractivity contribution is -0.385. The van der Waals surface area contributed by atoms with Crippen LogP contribution in [0, 0.1) is 10.1 Å². The minimum Gasteiger partial charge on any atom is -0.497 e. The van der Waals surface area contributed by atoms with E-state index in [4.69, 9.17) is 4.74 Å². The Hall–Kier alpha value is -1.73. The number of halogens is 3. The van der Waals surface area contributed by atoms with Crippen LogP contribution in [0.15, 0.2) is 18.2 Å². The van der Waals surface area contributed by atoms with Crippen molar-refractivity contribution >= 4 is 12.7 Å². The number of nitro benzene ring substituents is 1. The van der Waals surface area contributed by atoms with E-state index >= 15 is 0 Å². The smallest absolute Gasteiger partial charge is 0.482 e. The Bertz CT molecular complexity index is 408. The predicted octanol–water partition coefficient (Wildman–Crippen LogP) is 2.53. The van der Waals surface area contributed by atoms with Crippen molar-refractivity contribution in [2.75, 3.05) is 7.11 Å². The summed E-state index contributed by atoms with van der Waals surface area (Å²) in [6, 6.07) is 3.31. The molecule has 1 aromatic rings. The fraction of sp³-hybridized carbons (Fsp3) is 0.250. The van der Waals surface area contributed by atoms with Crippen molar-refractivity contribution in [3.63, 3.8) is 0 Å². The maximum absolute atomic E-state index is 12.2. The van der Waals surface area contributed by atoms with Gasteiger partial charge in [-0.3, -0.25) is 10.1 Å². The lowest BCUT2D eigenvalue weighted by Gasteiger charge is -2.13. The molecule has 0 fully saturated rings. The molecule has 0 aromatic heterocycles. The van der Waals surface area contributed by atoms with Gasteiger partial charge in [0, 0.05) is 5.56 Å². The molecule has 0 aliphatic heterocycles. The van der Waals surface area contributed by atoms with Crippen LogP contribution in [0.5, 0.6) is 5.75 Å². The predicted molar refractivity (Wildman–Crippen MR) is 52.4 cm³/mol. The molecule has 0 N–H and O–H groups in total. The van der Waals surface area contributed by atoms with Gasteiger partial charge in [-0.05, 0) is 6.07 Å². The molecular formula is C8H8BF3NO3-. The number of methoxy groups -OCH3 is 1. The second-order valence-corrected chi connectivity index (χ2v) is 3.17. The third kappa shape index (κ3) is 3.14. The van der Waals surface area contributed by atoms with Crippen LogP contribution in [-0.2, 0) is 6.32 Å². The minimum atomic E-state index is -5.09. The molecule has 0 heterocycles. The van der Waals surface area contributed by atoms with Gasteiger partial charge in [0.15, 0.2) is 0 Å². The molecule has 0 aliphatic carbocycles. The molecule has 0 saturated heterocycles. The molecule has 16 heavy (non-hydrogen) atoms. The first-order chi connectivity index (χ1) is 7.33. The number of nitro groups is 1. The van der Waals surface area contributed by atoms with Gasteiger partial charge in [-0.25, -0.2) is 0 Å². The van der Waals surface area contributed by atoms with Crippen LogP contribution in [0.2, 0.25) is 0 Å². The van der Waals surface area contributed by atoms with E-state index in [1.54, 1.807) is 0 Å². The van der Waals surface area contributed by atoms with E-state index in [1.807, 2.05) is 0 Å². The van der Waals surface area contributed by atoms with Crippen molar-refractivity contribution in [3.05, 3.63) is 33.9 Å². The molecule has 8 heteroatoms. The molecule has 1 rings (SSSR count). The van der Waals surface area contributed by atoms with E-state index in [2.05, 4.69) is 0 Å². The normalized spacial score (nSPS) is 11.2. The van der Waals surface area contributed by atoms with Crippen molar-refractivity contribution in [1.29, 1.82) is 0 Å². The summed E-state index contributed by atoms with van der Waals surface area (Å²) in [6.07, 6.45) is -1.26. The minimum absolute atomic E-state index is 0.158. The van der Waals surface area contributed by atoms with Crippen LogP contribution in [-0.4, -0.2) is 19.0 Å². The highest BCUT2D eigenvalue weighted by Crippen LogP contribution is 2.28. The molecule has 0 bridgehead atoms. The van der Waals surface area contributed by atoms with E-state index in [0.29, 0.717) is 0 Å². The van der Waals surface area contributed by atoms with Crippen molar-refractivity contribution in [2.45, 2.75) is 6.32 Å². The summed E-state index contributed by atoms with van der Waals surface area (Å²) in [6.45, 7) is -5.09. The zero-order valence-electron chi connectivity index (χ0n) is 8.32. The topological polar surface area (TPSA) is 52.4 Å². The van der Waals surface area contributed by atoms with Crippen molar-refractivity contribution < 1.29 is 22.6 Å². The lowest BCUT2D eigenvalue weighted by atomic mass is 9.81. The molecule has 0 atom stereocenters. The van der Waals surface area contributed by atoms with Crippen LogP contribution in [0.3, 0.4) is 0 Å². The second-order valence-electron chi connectivity index (χ2n) is 3.17. The highest BCUT2D eigenvalue weighted by molar-refractivity contribution is 6.57. The lowest BCUT2D eigenvalue weighted by Crippen LogP contribution is -2.20. The summed E-state index contributed by atoms with van der Waals surface area (Å²) in [5.41, 5.74) is -0.920. The van der Waals surface area contributed by atoms with Crippen LogP contribution < -0.4 is 4.74 Å². The molecule has 0 aliphatic rings. The number of rotatable bonds is 4. The van der Waals surface area contributed by atoms with Crippen LogP contribution >= 0.6 is 0 Å². The summed E-state index contributed by atoms with van der Waals surface area (Å²) in [5.74, 6) is 0.158. The fourth-order valence-electron chi connectivity index (χ4n) is 1.26. The van der Waals surface area contributed by atoms with Crippen LogP contribution in [0.4, 0.5) is 18.6 Å². The summed E-state index contributed by atoms with van der Waals surface area (Å²) in [5, 5.41) is 10.6. The molecule has 0 unspecified atom stereocenters. The Labute approximate surface area is 89.2 Å². The molecule has 0 amide bonds. The Kier molecular flexibility index (Phi) is 3.41. The standard InChI is InChI=1S/C8H8BF3NO3/c1-16-7-3-2-6(5-9(10,11)12)8(4-7)13(14)15/h2-4H,5H2,1H3/q-1. The average Bonchev–Trinajstić information content (AvgIpc) is 2.15. The van der Waals surface area contributed by atoms with E-state index in [1.165, 1.54) is 13.2 Å². The molecule has 1 aromatic carbocycles. The molecule has 0 saturated carbocycles. The summed E-state index contributed by atoms with van der Waals surface area (Å²) in [4.78, 5) is 9.72. The molecule has 4 nitrogen and oxygen atoms in total. The number of benzene rings is 1. The molecular weight excluding hydrogens is 226 g/mol. The van der Waals surface area contributed by atoms with Gasteiger partial charge in [-0.2, -0.15) is 0 Å². The Morgan fingerprint density at radius 2 is 2.06 bits per heavy atom. The fourth-order valence-corrected chi connectivity index (χ4v) is 1.26. The molecule has 0 spiro atoms. The van der Waals surface area contributed by atoms with E-state index < -0.39 is 23.9 Å². The van der Waals surface area contributed by atoms with E-state index in [-0.39, 0.29) is 11.3 Å². The van der Waals surface area contributed by atoms with E-state index in [9.17, 15) is 23.1 Å². The summed E-state index contributed by atoms with van der Waals surface area (Å²) in [7, 11) is 1.28. The first-order valence-corrected chi connectivity index (χ1v) is 4.36. The number of ether oxygens (including phenoxy) is 1. The van der Waals surface area contributed by atoms with Crippen LogP contribution in [0.1, 0.15) is 5.56 Å². The van der Waals surface area contributed by atoms with E-state index in [0.717, 1.165) is 12.1 Å². The molecule has 88 valence electrons. The zero-order valence-corrected chi connectivity index (χ0v) is 8.32. The first kappa shape index (κ1) is 12.3. The maximum atomic E-state index is 12.2. The Balaban J connectivity index is 3.13. The SMILES string of the molecule is COc1ccc(C[B-](F)(F)F)c([N+](=O)[O-])c1. The third-order valence-corrected chi connectivity index (χ3v) is 1.94.